The van der Waals surface area contributed by atoms with Crippen molar-refractivity contribution in [3.05, 3.63) is 84.9 Å². The second kappa shape index (κ2) is 10.6. The lowest BCUT2D eigenvalue weighted by molar-refractivity contribution is -0.133. The first-order chi connectivity index (χ1) is 16.8. The normalized spacial score (nSPS) is 14.3. The van der Waals surface area contributed by atoms with Gasteiger partial charge >= 0.3 is 0 Å². The third kappa shape index (κ3) is 5.81. The van der Waals surface area contributed by atoms with Crippen molar-refractivity contribution in [3.63, 3.8) is 0 Å². The Hall–Kier alpha value is -3.85. The van der Waals surface area contributed by atoms with Gasteiger partial charge in [-0.25, -0.2) is 8.42 Å². The molecule has 0 atom stereocenters. The molecule has 35 heavy (non-hydrogen) atoms. The van der Waals surface area contributed by atoms with Gasteiger partial charge in [0.25, 0.3) is 10.0 Å². The van der Waals surface area contributed by atoms with Gasteiger partial charge in [0.15, 0.2) is 0 Å². The summed E-state index contributed by atoms with van der Waals surface area (Å²) < 4.78 is 34.0. The van der Waals surface area contributed by atoms with Crippen molar-refractivity contribution in [2.75, 3.05) is 23.9 Å². The van der Waals surface area contributed by atoms with E-state index in [1.807, 2.05) is 30.3 Å². The number of carbonyl (C=O) groups excluding carboxylic acids is 2. The molecule has 2 N–H and O–H groups in total. The number of anilines is 1. The van der Waals surface area contributed by atoms with E-state index in [0.29, 0.717) is 43.1 Å². The standard InChI is InChI=1S/C26H27N3O5S/c27-26(31)20-15-17-28(18-16-20)25(30)19-29(35(32,33)24-9-5-2-6-10-24)21-11-13-23(14-12-21)34-22-7-3-1-4-8-22/h1-14,20H,15-19H2,(H2,27,31). The molecule has 9 heteroatoms. The molecular weight excluding hydrogens is 466 g/mol. The summed E-state index contributed by atoms with van der Waals surface area (Å²) in [5, 5.41) is 0. The molecule has 1 heterocycles. The number of ether oxygens (including phenoxy) is 1. The van der Waals surface area contributed by atoms with Gasteiger partial charge in [0.2, 0.25) is 11.8 Å². The first-order valence-corrected chi connectivity index (χ1v) is 12.8. The molecule has 0 saturated carbocycles. The third-order valence-corrected chi connectivity index (χ3v) is 7.75. The van der Waals surface area contributed by atoms with E-state index in [9.17, 15) is 18.0 Å². The number of hydrogen-bond donors (Lipinski definition) is 1. The van der Waals surface area contributed by atoms with Crippen molar-refractivity contribution in [2.24, 2.45) is 11.7 Å². The maximum Gasteiger partial charge on any atom is 0.264 e. The zero-order valence-electron chi connectivity index (χ0n) is 19.1. The Morgan fingerprint density at radius 2 is 1.40 bits per heavy atom. The van der Waals surface area contributed by atoms with Crippen molar-refractivity contribution in [1.82, 2.24) is 4.90 Å². The quantitative estimate of drug-likeness (QED) is 0.517. The van der Waals surface area contributed by atoms with Gasteiger partial charge in [-0.05, 0) is 61.4 Å². The number of amides is 2. The first kappa shape index (κ1) is 24.3. The Bertz CT molecular complexity index is 1260. The number of sulfonamides is 1. The summed E-state index contributed by atoms with van der Waals surface area (Å²) in [6.07, 6.45) is 0.941. The fourth-order valence-electron chi connectivity index (χ4n) is 3.98. The summed E-state index contributed by atoms with van der Waals surface area (Å²) in [7, 11) is -4.01. The van der Waals surface area contributed by atoms with Crippen LogP contribution in [0.5, 0.6) is 11.5 Å². The minimum Gasteiger partial charge on any atom is -0.457 e. The highest BCUT2D eigenvalue weighted by Crippen LogP contribution is 2.28. The lowest BCUT2D eigenvalue weighted by Gasteiger charge is -2.33. The molecule has 1 fully saturated rings. The molecule has 0 unspecified atom stereocenters. The van der Waals surface area contributed by atoms with Gasteiger partial charge in [-0.2, -0.15) is 0 Å². The molecule has 1 aliphatic heterocycles. The lowest BCUT2D eigenvalue weighted by atomic mass is 9.96. The molecule has 3 aromatic carbocycles. The fraction of sp³-hybridized carbons (Fsp3) is 0.231. The van der Waals surface area contributed by atoms with Gasteiger partial charge in [-0.1, -0.05) is 36.4 Å². The van der Waals surface area contributed by atoms with Crippen LogP contribution in [0.2, 0.25) is 0 Å². The van der Waals surface area contributed by atoms with Gasteiger partial charge < -0.3 is 15.4 Å². The van der Waals surface area contributed by atoms with Gasteiger partial charge in [0.05, 0.1) is 10.6 Å². The summed E-state index contributed by atoms with van der Waals surface area (Å²) in [5.41, 5.74) is 5.73. The van der Waals surface area contributed by atoms with Crippen LogP contribution in [0.15, 0.2) is 89.8 Å². The zero-order valence-corrected chi connectivity index (χ0v) is 19.9. The van der Waals surface area contributed by atoms with Crippen LogP contribution < -0.4 is 14.8 Å². The molecule has 8 nitrogen and oxygen atoms in total. The monoisotopic (exact) mass is 493 g/mol. The number of carbonyl (C=O) groups is 2. The largest absolute Gasteiger partial charge is 0.457 e. The molecule has 0 aromatic heterocycles. The smallest absolute Gasteiger partial charge is 0.264 e. The van der Waals surface area contributed by atoms with Crippen LogP contribution in [0.1, 0.15) is 12.8 Å². The minimum absolute atomic E-state index is 0.0878. The second-order valence-corrected chi connectivity index (χ2v) is 10.2. The van der Waals surface area contributed by atoms with E-state index >= 15 is 0 Å². The Morgan fingerprint density at radius 1 is 0.857 bits per heavy atom. The molecule has 1 aliphatic rings. The number of primary amides is 1. The van der Waals surface area contributed by atoms with Crippen molar-refractivity contribution in [1.29, 1.82) is 0 Å². The number of para-hydroxylation sites is 1. The number of hydrogen-bond acceptors (Lipinski definition) is 5. The number of likely N-dealkylation sites (tertiary alicyclic amines) is 1. The molecule has 2 amide bonds. The summed E-state index contributed by atoms with van der Waals surface area (Å²) in [6.45, 7) is 0.350. The van der Waals surface area contributed by atoms with Crippen LogP contribution in [0.3, 0.4) is 0 Å². The maximum atomic E-state index is 13.5. The van der Waals surface area contributed by atoms with Gasteiger partial charge in [-0.3, -0.25) is 13.9 Å². The number of nitrogens with zero attached hydrogens (tertiary/aromatic N) is 2. The Balaban J connectivity index is 1.57. The number of piperidine rings is 1. The van der Waals surface area contributed by atoms with Crippen LogP contribution in [0, 0.1) is 5.92 Å². The molecule has 3 aromatic rings. The average Bonchev–Trinajstić information content (AvgIpc) is 2.89. The topological polar surface area (TPSA) is 110 Å². The van der Waals surface area contributed by atoms with Crippen LogP contribution in [-0.2, 0) is 19.6 Å². The predicted molar refractivity (Wildman–Crippen MR) is 132 cm³/mol. The highest BCUT2D eigenvalue weighted by molar-refractivity contribution is 7.92. The molecular formula is C26H27N3O5S. The highest BCUT2D eigenvalue weighted by Gasteiger charge is 2.31. The van der Waals surface area contributed by atoms with E-state index in [1.54, 1.807) is 47.4 Å². The second-order valence-electron chi connectivity index (χ2n) is 8.29. The highest BCUT2D eigenvalue weighted by atomic mass is 32.2. The summed E-state index contributed by atoms with van der Waals surface area (Å²) >= 11 is 0. The summed E-state index contributed by atoms with van der Waals surface area (Å²) in [4.78, 5) is 26.2. The van der Waals surface area contributed by atoms with Crippen LogP contribution in [0.4, 0.5) is 5.69 Å². The molecule has 4 rings (SSSR count). The Kier molecular flexibility index (Phi) is 7.36. The van der Waals surface area contributed by atoms with E-state index in [4.69, 9.17) is 10.5 Å². The SMILES string of the molecule is NC(=O)C1CCN(C(=O)CN(c2ccc(Oc3ccccc3)cc2)S(=O)(=O)c2ccccc2)CC1. The van der Waals surface area contributed by atoms with E-state index < -0.39 is 10.0 Å². The first-order valence-electron chi connectivity index (χ1n) is 11.3. The van der Waals surface area contributed by atoms with Gasteiger partial charge in [0, 0.05) is 19.0 Å². The zero-order chi connectivity index (χ0) is 24.8. The lowest BCUT2D eigenvalue weighted by Crippen LogP contribution is -2.47. The molecule has 0 aliphatic carbocycles. The molecule has 0 radical (unpaired) electrons. The third-order valence-electron chi connectivity index (χ3n) is 5.96. The molecule has 1 saturated heterocycles. The molecule has 0 spiro atoms. The Morgan fingerprint density at radius 3 is 1.97 bits per heavy atom. The van der Waals surface area contributed by atoms with Crippen LogP contribution in [0.25, 0.3) is 0 Å². The summed E-state index contributed by atoms with van der Waals surface area (Å²) in [6, 6.07) is 23.8. The van der Waals surface area contributed by atoms with E-state index in [-0.39, 0.29) is 29.2 Å². The number of benzene rings is 3. The van der Waals surface area contributed by atoms with E-state index in [2.05, 4.69) is 0 Å². The van der Waals surface area contributed by atoms with E-state index in [0.717, 1.165) is 4.31 Å². The van der Waals surface area contributed by atoms with Crippen molar-refractivity contribution in [2.45, 2.75) is 17.7 Å². The number of nitrogens with two attached hydrogens (primary N) is 1. The summed E-state index contributed by atoms with van der Waals surface area (Å²) in [5.74, 6) is 0.223. The van der Waals surface area contributed by atoms with Crippen LogP contribution >= 0.6 is 0 Å². The van der Waals surface area contributed by atoms with E-state index in [1.165, 1.54) is 12.1 Å². The Labute approximate surface area is 205 Å². The van der Waals surface area contributed by atoms with Gasteiger partial charge in [-0.15, -0.1) is 0 Å². The average molecular weight is 494 g/mol. The minimum atomic E-state index is -4.01. The van der Waals surface area contributed by atoms with Gasteiger partial charge in [0.1, 0.15) is 18.0 Å². The van der Waals surface area contributed by atoms with Crippen molar-refractivity contribution < 1.29 is 22.7 Å². The maximum absolute atomic E-state index is 13.5. The fourth-order valence-corrected chi connectivity index (χ4v) is 5.41. The molecule has 182 valence electrons. The molecule has 0 bridgehead atoms. The van der Waals surface area contributed by atoms with Crippen molar-refractivity contribution >= 4 is 27.5 Å². The predicted octanol–water partition coefficient (Wildman–Crippen LogP) is 3.40. The number of rotatable bonds is 8. The van der Waals surface area contributed by atoms with Crippen LogP contribution in [-0.4, -0.2) is 44.8 Å². The van der Waals surface area contributed by atoms with Crippen molar-refractivity contribution in [3.8, 4) is 11.5 Å².